The molecule has 3 aromatic rings. The molecular formula is C22H24F2N4O2. The van der Waals surface area contributed by atoms with E-state index in [1.54, 1.807) is 6.20 Å². The fourth-order valence-corrected chi connectivity index (χ4v) is 4.64. The van der Waals surface area contributed by atoms with Gasteiger partial charge in [-0.3, -0.25) is 4.68 Å². The van der Waals surface area contributed by atoms with Gasteiger partial charge in [0.25, 0.3) is 5.89 Å². The molecular weight excluding hydrogens is 390 g/mol. The summed E-state index contributed by atoms with van der Waals surface area (Å²) in [5, 5.41) is 8.64. The number of nitrogens with zero attached hydrogens (tertiary/aromatic N) is 4. The van der Waals surface area contributed by atoms with Gasteiger partial charge in [-0.1, -0.05) is 24.4 Å². The molecule has 1 saturated heterocycles. The minimum atomic E-state index is -0.591. The van der Waals surface area contributed by atoms with E-state index in [1.807, 2.05) is 0 Å². The molecule has 1 aromatic carbocycles. The molecule has 0 bridgehead atoms. The number of hydrogen-bond donors (Lipinski definition) is 0. The molecule has 0 unspecified atom stereocenters. The Bertz CT molecular complexity index is 1020. The molecule has 0 atom stereocenters. The van der Waals surface area contributed by atoms with Crippen LogP contribution in [0.2, 0.25) is 0 Å². The third-order valence-electron chi connectivity index (χ3n) is 6.19. The van der Waals surface area contributed by atoms with Crippen LogP contribution in [0.25, 0.3) is 22.8 Å². The summed E-state index contributed by atoms with van der Waals surface area (Å²) in [6.45, 7) is 1.42. The summed E-state index contributed by atoms with van der Waals surface area (Å²) in [5.74, 6) is -0.529. The average Bonchev–Trinajstić information content (AvgIpc) is 3.44. The van der Waals surface area contributed by atoms with E-state index in [9.17, 15) is 8.78 Å². The molecule has 30 heavy (non-hydrogen) atoms. The lowest BCUT2D eigenvalue weighted by molar-refractivity contribution is 0.0828. The SMILES string of the molecule is Fc1ccc(F)c(-c2noc(-c3cnn(C4CCCCC4)c3C3CCOCC3)n2)c1. The fourth-order valence-electron chi connectivity index (χ4n) is 4.64. The van der Waals surface area contributed by atoms with Gasteiger partial charge in [0.15, 0.2) is 0 Å². The minimum absolute atomic E-state index is 0.0164. The zero-order chi connectivity index (χ0) is 20.5. The van der Waals surface area contributed by atoms with Crippen LogP contribution in [0.1, 0.15) is 62.6 Å². The van der Waals surface area contributed by atoms with E-state index in [2.05, 4.69) is 14.8 Å². The third kappa shape index (κ3) is 3.64. The quantitative estimate of drug-likeness (QED) is 0.581. The first kappa shape index (κ1) is 19.4. The Morgan fingerprint density at radius 2 is 1.77 bits per heavy atom. The van der Waals surface area contributed by atoms with Crippen LogP contribution >= 0.6 is 0 Å². The lowest BCUT2D eigenvalue weighted by atomic mass is 9.91. The zero-order valence-corrected chi connectivity index (χ0v) is 16.7. The van der Waals surface area contributed by atoms with Crippen LogP contribution in [0.3, 0.4) is 0 Å². The highest BCUT2D eigenvalue weighted by Crippen LogP contribution is 2.39. The summed E-state index contributed by atoms with van der Waals surface area (Å²) in [7, 11) is 0. The van der Waals surface area contributed by atoms with Gasteiger partial charge in [-0.25, -0.2) is 8.78 Å². The molecule has 0 N–H and O–H groups in total. The van der Waals surface area contributed by atoms with Gasteiger partial charge in [0.2, 0.25) is 5.82 Å². The molecule has 1 aliphatic heterocycles. The highest BCUT2D eigenvalue weighted by molar-refractivity contribution is 5.62. The van der Waals surface area contributed by atoms with E-state index in [1.165, 1.54) is 19.3 Å². The maximum atomic E-state index is 14.2. The fraction of sp³-hybridized carbons (Fsp3) is 0.500. The Morgan fingerprint density at radius 3 is 2.57 bits per heavy atom. The van der Waals surface area contributed by atoms with Gasteiger partial charge in [-0.05, 0) is 43.9 Å². The van der Waals surface area contributed by atoms with E-state index in [0.717, 1.165) is 55.1 Å². The van der Waals surface area contributed by atoms with Gasteiger partial charge in [-0.2, -0.15) is 10.1 Å². The van der Waals surface area contributed by atoms with Crippen molar-refractivity contribution in [3.8, 4) is 22.8 Å². The topological polar surface area (TPSA) is 66.0 Å². The highest BCUT2D eigenvalue weighted by Gasteiger charge is 2.30. The molecule has 6 nitrogen and oxygen atoms in total. The first-order valence-electron chi connectivity index (χ1n) is 10.7. The third-order valence-corrected chi connectivity index (χ3v) is 6.19. The summed E-state index contributed by atoms with van der Waals surface area (Å²) in [6, 6.07) is 3.58. The second-order valence-electron chi connectivity index (χ2n) is 8.11. The molecule has 0 spiro atoms. The molecule has 1 saturated carbocycles. The van der Waals surface area contributed by atoms with Crippen molar-refractivity contribution >= 4 is 0 Å². The van der Waals surface area contributed by atoms with Crippen molar-refractivity contribution in [3.63, 3.8) is 0 Å². The number of ether oxygens (including phenoxy) is 1. The predicted octanol–water partition coefficient (Wildman–Crippen LogP) is 5.28. The Balaban J connectivity index is 1.55. The van der Waals surface area contributed by atoms with Crippen LogP contribution in [-0.4, -0.2) is 33.1 Å². The van der Waals surface area contributed by atoms with Crippen LogP contribution in [0.5, 0.6) is 0 Å². The minimum Gasteiger partial charge on any atom is -0.381 e. The van der Waals surface area contributed by atoms with Gasteiger partial charge in [-0.15, -0.1) is 0 Å². The van der Waals surface area contributed by atoms with Crippen LogP contribution in [-0.2, 0) is 4.74 Å². The number of aromatic nitrogens is 4. The lowest BCUT2D eigenvalue weighted by Gasteiger charge is -2.29. The molecule has 8 heteroatoms. The molecule has 2 aliphatic rings. The average molecular weight is 414 g/mol. The molecule has 2 aromatic heterocycles. The van der Waals surface area contributed by atoms with Gasteiger partial charge in [0, 0.05) is 19.1 Å². The first-order chi connectivity index (χ1) is 14.7. The smallest absolute Gasteiger partial charge is 0.261 e. The van der Waals surface area contributed by atoms with Crippen molar-refractivity contribution in [2.24, 2.45) is 0 Å². The molecule has 1 aliphatic carbocycles. The maximum absolute atomic E-state index is 14.2. The summed E-state index contributed by atoms with van der Waals surface area (Å²) < 4.78 is 41.0. The van der Waals surface area contributed by atoms with Crippen molar-refractivity contribution in [3.05, 3.63) is 41.7 Å². The summed E-state index contributed by atoms with van der Waals surface area (Å²) in [5.41, 5.74) is 1.86. The van der Waals surface area contributed by atoms with E-state index >= 15 is 0 Å². The number of hydrogen-bond acceptors (Lipinski definition) is 5. The standard InChI is InChI=1S/C22H24F2N4O2/c23-15-6-7-19(24)17(12-15)21-26-22(30-27-21)18-13-25-28(16-4-2-1-3-5-16)20(18)14-8-10-29-11-9-14/h6-7,12-14,16H,1-5,8-11H2. The van der Waals surface area contributed by atoms with Crippen LogP contribution in [0.4, 0.5) is 8.78 Å². The molecule has 0 amide bonds. The Labute approximate surface area is 173 Å². The second kappa shape index (κ2) is 8.26. The van der Waals surface area contributed by atoms with Gasteiger partial charge < -0.3 is 9.26 Å². The van der Waals surface area contributed by atoms with E-state index < -0.39 is 11.6 Å². The molecule has 158 valence electrons. The van der Waals surface area contributed by atoms with Crippen LogP contribution < -0.4 is 0 Å². The van der Waals surface area contributed by atoms with Gasteiger partial charge in [0.1, 0.15) is 11.6 Å². The van der Waals surface area contributed by atoms with E-state index in [-0.39, 0.29) is 17.3 Å². The zero-order valence-electron chi connectivity index (χ0n) is 16.7. The van der Waals surface area contributed by atoms with Crippen molar-refractivity contribution in [1.82, 2.24) is 19.9 Å². The number of halogens is 2. The maximum Gasteiger partial charge on any atom is 0.261 e. The van der Waals surface area contributed by atoms with Crippen LogP contribution in [0.15, 0.2) is 28.9 Å². The lowest BCUT2D eigenvalue weighted by Crippen LogP contribution is -2.22. The Hall–Kier alpha value is -2.61. The normalized spacial score (nSPS) is 18.7. The summed E-state index contributed by atoms with van der Waals surface area (Å²) in [6.07, 6.45) is 9.49. The molecule has 5 rings (SSSR count). The monoisotopic (exact) mass is 414 g/mol. The van der Waals surface area contributed by atoms with E-state index in [4.69, 9.17) is 14.4 Å². The Morgan fingerprint density at radius 1 is 0.967 bits per heavy atom. The van der Waals surface area contributed by atoms with Crippen molar-refractivity contribution in [2.75, 3.05) is 13.2 Å². The Kier molecular flexibility index (Phi) is 5.33. The second-order valence-corrected chi connectivity index (χ2v) is 8.11. The van der Waals surface area contributed by atoms with Crippen molar-refractivity contribution < 1.29 is 18.0 Å². The number of rotatable bonds is 4. The van der Waals surface area contributed by atoms with E-state index in [0.29, 0.717) is 25.2 Å². The molecule has 0 radical (unpaired) electrons. The molecule has 2 fully saturated rings. The first-order valence-corrected chi connectivity index (χ1v) is 10.7. The summed E-state index contributed by atoms with van der Waals surface area (Å²) in [4.78, 5) is 4.40. The number of benzene rings is 1. The van der Waals surface area contributed by atoms with Gasteiger partial charge in [0.05, 0.1) is 29.1 Å². The van der Waals surface area contributed by atoms with Crippen molar-refractivity contribution in [2.45, 2.75) is 56.9 Å². The predicted molar refractivity (Wildman–Crippen MR) is 106 cm³/mol. The largest absolute Gasteiger partial charge is 0.381 e. The van der Waals surface area contributed by atoms with Gasteiger partial charge >= 0.3 is 0 Å². The summed E-state index contributed by atoms with van der Waals surface area (Å²) >= 11 is 0. The van der Waals surface area contributed by atoms with Crippen LogP contribution in [0, 0.1) is 11.6 Å². The van der Waals surface area contributed by atoms with Crippen molar-refractivity contribution in [1.29, 1.82) is 0 Å². The molecule has 3 heterocycles. The highest BCUT2D eigenvalue weighted by atomic mass is 19.1.